The number of alkyl carbamates (subject to hydrolysis) is 1. The number of rotatable bonds is 9. The van der Waals surface area contributed by atoms with Crippen LogP contribution in [-0.2, 0) is 35.4 Å². The van der Waals surface area contributed by atoms with Gasteiger partial charge >= 0.3 is 18.0 Å². The van der Waals surface area contributed by atoms with Gasteiger partial charge in [0.1, 0.15) is 17.3 Å². The summed E-state index contributed by atoms with van der Waals surface area (Å²) in [5, 5.41) is 2.66. The van der Waals surface area contributed by atoms with Crippen LogP contribution < -0.4 is 5.32 Å². The summed E-state index contributed by atoms with van der Waals surface area (Å²) in [6.45, 7) is 5.38. The minimum absolute atomic E-state index is 0.0700. The Morgan fingerprint density at radius 2 is 1.90 bits per heavy atom. The predicted octanol–water partition coefficient (Wildman–Crippen LogP) is 3.52. The molecule has 0 aliphatic carbocycles. The van der Waals surface area contributed by atoms with Crippen molar-refractivity contribution in [2.24, 2.45) is 11.8 Å². The third-order valence-corrected chi connectivity index (χ3v) is 5.29. The van der Waals surface area contributed by atoms with E-state index in [4.69, 9.17) is 19.2 Å². The maximum atomic E-state index is 12.5. The molecule has 1 amide bonds. The molecule has 9 heteroatoms. The lowest BCUT2D eigenvalue weighted by Gasteiger charge is -2.33. The van der Waals surface area contributed by atoms with Crippen LogP contribution in [0.25, 0.3) is 0 Å². The number of halogens is 1. The highest BCUT2D eigenvalue weighted by molar-refractivity contribution is 14.1. The summed E-state index contributed by atoms with van der Waals surface area (Å²) >= 11 is 1.95. The van der Waals surface area contributed by atoms with Crippen LogP contribution in [-0.4, -0.2) is 34.3 Å². The molecule has 1 aromatic carbocycles. The molecule has 29 heavy (non-hydrogen) atoms. The second-order valence-corrected chi connectivity index (χ2v) is 7.84. The van der Waals surface area contributed by atoms with Gasteiger partial charge in [0.05, 0.1) is 5.92 Å². The maximum absolute atomic E-state index is 12.5. The molecule has 0 spiro atoms. The minimum atomic E-state index is -1.40. The Bertz CT molecular complexity index is 712. The molecule has 1 aromatic rings. The van der Waals surface area contributed by atoms with E-state index in [0.717, 1.165) is 5.56 Å². The Morgan fingerprint density at radius 1 is 1.21 bits per heavy atom. The van der Waals surface area contributed by atoms with Gasteiger partial charge in [0.2, 0.25) is 0 Å². The Balaban J connectivity index is 2.04. The Labute approximate surface area is 183 Å². The fraction of sp³-hybridized carbons (Fsp3) is 0.550. The number of carbonyl (C=O) groups is 3. The van der Waals surface area contributed by atoms with Crippen LogP contribution >= 0.6 is 22.6 Å². The highest BCUT2D eigenvalue weighted by atomic mass is 127. The fourth-order valence-electron chi connectivity index (χ4n) is 3.18. The van der Waals surface area contributed by atoms with Crippen molar-refractivity contribution in [1.82, 2.24) is 5.32 Å². The number of alkyl halides is 1. The van der Waals surface area contributed by atoms with Crippen LogP contribution in [0.2, 0.25) is 0 Å². The summed E-state index contributed by atoms with van der Waals surface area (Å²) in [6, 6.07) is 9.21. The zero-order valence-corrected chi connectivity index (χ0v) is 18.8. The topological polar surface area (TPSA) is 100 Å². The van der Waals surface area contributed by atoms with E-state index in [2.05, 4.69) is 5.32 Å². The molecule has 2 rings (SSSR count). The van der Waals surface area contributed by atoms with Gasteiger partial charge in [-0.05, 0) is 46.9 Å². The first kappa shape index (κ1) is 23.4. The summed E-state index contributed by atoms with van der Waals surface area (Å²) < 4.78 is 10.5. The van der Waals surface area contributed by atoms with Crippen molar-refractivity contribution in [3.63, 3.8) is 0 Å². The first-order chi connectivity index (χ1) is 13.8. The van der Waals surface area contributed by atoms with Crippen molar-refractivity contribution in [3.05, 3.63) is 35.9 Å². The zero-order valence-electron chi connectivity index (χ0n) is 16.7. The lowest BCUT2D eigenvalue weighted by molar-refractivity contribution is -0.264. The number of hydrogen-bond donors (Lipinski definition) is 1. The second-order valence-electron chi connectivity index (χ2n) is 7.22. The van der Waals surface area contributed by atoms with Gasteiger partial charge in [-0.3, -0.25) is 9.68 Å². The lowest BCUT2D eigenvalue weighted by Crippen LogP contribution is -2.62. The van der Waals surface area contributed by atoms with Gasteiger partial charge in [-0.1, -0.05) is 51.1 Å². The molecule has 1 heterocycles. The molecule has 0 bridgehead atoms. The number of benzene rings is 1. The van der Waals surface area contributed by atoms with Gasteiger partial charge in [0, 0.05) is 0 Å². The Hall–Kier alpha value is -1.88. The van der Waals surface area contributed by atoms with E-state index in [0.29, 0.717) is 12.8 Å². The summed E-state index contributed by atoms with van der Waals surface area (Å²) in [5.74, 6) is -1.71. The third kappa shape index (κ3) is 5.81. The van der Waals surface area contributed by atoms with Crippen LogP contribution in [0.15, 0.2) is 30.3 Å². The van der Waals surface area contributed by atoms with Crippen molar-refractivity contribution >= 4 is 40.6 Å². The second kappa shape index (κ2) is 10.8. The normalized spacial score (nSPS) is 22.1. The van der Waals surface area contributed by atoms with Crippen molar-refractivity contribution in [3.8, 4) is 0 Å². The highest BCUT2D eigenvalue weighted by Crippen LogP contribution is 2.35. The van der Waals surface area contributed by atoms with Gasteiger partial charge in [0.15, 0.2) is 5.54 Å². The molecule has 1 aliphatic rings. The molecule has 1 fully saturated rings. The van der Waals surface area contributed by atoms with E-state index in [9.17, 15) is 14.4 Å². The summed E-state index contributed by atoms with van der Waals surface area (Å²) in [5.41, 5.74) is -0.577. The van der Waals surface area contributed by atoms with Crippen molar-refractivity contribution in [2.75, 3.05) is 4.61 Å². The Morgan fingerprint density at radius 3 is 2.52 bits per heavy atom. The SMILES string of the molecule is CC(CCC1OOC(=O)[C@@]1(NC(=O)OCc1ccccc1)C(C)C)C(=O)OCI. The standard InChI is InChI=1S/C20H26INO7/c1-13(2)20(22-19(25)26-11-15-7-5-4-6-8-15)16(28-29-18(20)24)10-9-14(3)17(23)27-12-21/h4-8,13-14,16H,9-12H2,1-3H3,(H,22,25)/t14?,16?,20-/m1/s1. The van der Waals surface area contributed by atoms with E-state index in [1.807, 2.05) is 52.9 Å². The number of nitrogens with one attached hydrogen (secondary N) is 1. The van der Waals surface area contributed by atoms with Gasteiger partial charge in [-0.15, -0.1) is 0 Å². The predicted molar refractivity (Wildman–Crippen MR) is 112 cm³/mol. The number of amides is 1. The van der Waals surface area contributed by atoms with E-state index in [-0.39, 0.29) is 29.0 Å². The summed E-state index contributed by atoms with van der Waals surface area (Å²) in [4.78, 5) is 46.9. The van der Waals surface area contributed by atoms with Crippen LogP contribution in [0.1, 0.15) is 39.2 Å². The average molecular weight is 519 g/mol. The van der Waals surface area contributed by atoms with Crippen molar-refractivity contribution in [2.45, 2.75) is 51.9 Å². The molecule has 160 valence electrons. The van der Waals surface area contributed by atoms with Crippen LogP contribution in [0, 0.1) is 11.8 Å². The Kier molecular flexibility index (Phi) is 8.69. The molecule has 0 radical (unpaired) electrons. The zero-order chi connectivity index (χ0) is 21.4. The van der Waals surface area contributed by atoms with Crippen molar-refractivity contribution in [1.29, 1.82) is 0 Å². The first-order valence-electron chi connectivity index (χ1n) is 9.40. The molecule has 8 nitrogen and oxygen atoms in total. The number of carbonyl (C=O) groups excluding carboxylic acids is 3. The number of ether oxygens (including phenoxy) is 2. The molecule has 3 atom stereocenters. The molecule has 0 saturated carbocycles. The largest absolute Gasteiger partial charge is 0.455 e. The average Bonchev–Trinajstić information content (AvgIpc) is 3.02. The molecular weight excluding hydrogens is 493 g/mol. The van der Waals surface area contributed by atoms with E-state index in [1.165, 1.54) is 0 Å². The first-order valence-corrected chi connectivity index (χ1v) is 10.9. The number of esters is 1. The maximum Gasteiger partial charge on any atom is 0.408 e. The van der Waals surface area contributed by atoms with Gasteiger partial charge in [-0.2, -0.15) is 4.89 Å². The van der Waals surface area contributed by atoms with E-state index in [1.54, 1.807) is 20.8 Å². The van der Waals surface area contributed by atoms with Gasteiger partial charge in [-0.25, -0.2) is 9.59 Å². The molecule has 0 aromatic heterocycles. The van der Waals surface area contributed by atoms with E-state index >= 15 is 0 Å². The fourth-order valence-corrected chi connectivity index (χ4v) is 3.49. The molecular formula is C20H26INO7. The quantitative estimate of drug-likeness (QED) is 0.231. The summed E-state index contributed by atoms with van der Waals surface area (Å²) in [7, 11) is 0. The monoisotopic (exact) mass is 519 g/mol. The smallest absolute Gasteiger partial charge is 0.408 e. The highest BCUT2D eigenvalue weighted by Gasteiger charge is 2.58. The van der Waals surface area contributed by atoms with Gasteiger partial charge < -0.3 is 14.8 Å². The molecule has 1 saturated heterocycles. The molecule has 1 aliphatic heterocycles. The molecule has 1 N–H and O–H groups in total. The van der Waals surface area contributed by atoms with E-state index < -0.39 is 23.7 Å². The van der Waals surface area contributed by atoms with Crippen LogP contribution in [0.3, 0.4) is 0 Å². The number of hydrogen-bond acceptors (Lipinski definition) is 7. The molecule has 2 unspecified atom stereocenters. The lowest BCUT2D eigenvalue weighted by atomic mass is 9.79. The minimum Gasteiger partial charge on any atom is -0.455 e. The van der Waals surface area contributed by atoms with Gasteiger partial charge in [0.25, 0.3) is 0 Å². The van der Waals surface area contributed by atoms with Crippen LogP contribution in [0.4, 0.5) is 4.79 Å². The van der Waals surface area contributed by atoms with Crippen LogP contribution in [0.5, 0.6) is 0 Å². The van der Waals surface area contributed by atoms with Crippen molar-refractivity contribution < 1.29 is 33.6 Å². The third-order valence-electron chi connectivity index (χ3n) is 4.98. The summed E-state index contributed by atoms with van der Waals surface area (Å²) in [6.07, 6.45) is -0.770.